The first-order chi connectivity index (χ1) is 5.68. The first-order valence-corrected chi connectivity index (χ1v) is 4.61. The predicted octanol–water partition coefficient (Wildman–Crippen LogP) is 2.04. The molecule has 1 fully saturated rings. The van der Waals surface area contributed by atoms with Gasteiger partial charge in [-0.2, -0.15) is 5.10 Å². The zero-order valence-electron chi connectivity index (χ0n) is 7.91. The van der Waals surface area contributed by atoms with E-state index in [9.17, 15) is 0 Å². The fourth-order valence-electron chi connectivity index (χ4n) is 1.45. The van der Waals surface area contributed by atoms with Gasteiger partial charge in [0.1, 0.15) is 11.6 Å². The lowest BCUT2D eigenvalue weighted by Gasteiger charge is -2.07. The highest BCUT2D eigenvalue weighted by Gasteiger charge is 2.29. The third-order valence-electron chi connectivity index (χ3n) is 2.20. The number of hydrogen-bond acceptors (Lipinski definition) is 2. The minimum Gasteiger partial charge on any atom is -0.247 e. The van der Waals surface area contributed by atoms with Crippen LogP contribution in [0.3, 0.4) is 0 Å². The SMILES string of the molecule is Cc1nc(C2CC2)n(C(C)C)n1. The molecule has 1 aromatic rings. The molecule has 1 aliphatic rings. The van der Waals surface area contributed by atoms with Gasteiger partial charge in [0.25, 0.3) is 0 Å². The molecule has 3 heteroatoms. The number of hydrogen-bond donors (Lipinski definition) is 0. The Morgan fingerprint density at radius 1 is 1.42 bits per heavy atom. The summed E-state index contributed by atoms with van der Waals surface area (Å²) in [6.07, 6.45) is 2.59. The minimum atomic E-state index is 0.446. The summed E-state index contributed by atoms with van der Waals surface area (Å²) in [5.41, 5.74) is 0. The quantitative estimate of drug-likeness (QED) is 0.671. The van der Waals surface area contributed by atoms with Crippen LogP contribution < -0.4 is 0 Å². The number of nitrogens with zero attached hydrogens (tertiary/aromatic N) is 3. The molecule has 1 aromatic heterocycles. The van der Waals surface area contributed by atoms with E-state index in [-0.39, 0.29) is 0 Å². The lowest BCUT2D eigenvalue weighted by Crippen LogP contribution is -2.07. The lowest BCUT2D eigenvalue weighted by molar-refractivity contribution is 0.504. The van der Waals surface area contributed by atoms with Crippen molar-refractivity contribution in [2.75, 3.05) is 0 Å². The van der Waals surface area contributed by atoms with E-state index in [0.29, 0.717) is 12.0 Å². The van der Waals surface area contributed by atoms with Crippen molar-refractivity contribution in [3.8, 4) is 0 Å². The Labute approximate surface area is 72.8 Å². The first-order valence-electron chi connectivity index (χ1n) is 4.61. The monoisotopic (exact) mass is 165 g/mol. The van der Waals surface area contributed by atoms with Crippen LogP contribution in [0.1, 0.15) is 50.3 Å². The molecule has 12 heavy (non-hydrogen) atoms. The molecule has 0 bridgehead atoms. The number of aromatic nitrogens is 3. The molecular formula is C9H15N3. The molecule has 0 atom stereocenters. The average Bonchev–Trinajstić information content (AvgIpc) is 2.75. The van der Waals surface area contributed by atoms with E-state index in [1.165, 1.54) is 18.7 Å². The number of aryl methyl sites for hydroxylation is 1. The second-order valence-corrected chi connectivity index (χ2v) is 3.83. The molecule has 0 amide bonds. The Morgan fingerprint density at radius 2 is 2.08 bits per heavy atom. The van der Waals surface area contributed by atoms with Crippen LogP contribution in [0.25, 0.3) is 0 Å². The molecule has 3 nitrogen and oxygen atoms in total. The maximum Gasteiger partial charge on any atom is 0.147 e. The zero-order valence-corrected chi connectivity index (χ0v) is 7.91. The van der Waals surface area contributed by atoms with E-state index in [2.05, 4.69) is 28.6 Å². The molecule has 0 radical (unpaired) electrons. The third-order valence-corrected chi connectivity index (χ3v) is 2.20. The second kappa shape index (κ2) is 2.57. The fourth-order valence-corrected chi connectivity index (χ4v) is 1.45. The van der Waals surface area contributed by atoms with Crippen LogP contribution in [-0.4, -0.2) is 14.8 Å². The smallest absolute Gasteiger partial charge is 0.147 e. The minimum absolute atomic E-state index is 0.446. The van der Waals surface area contributed by atoms with Gasteiger partial charge in [0.15, 0.2) is 0 Å². The summed E-state index contributed by atoms with van der Waals surface area (Å²) in [6, 6.07) is 0.446. The van der Waals surface area contributed by atoms with E-state index in [1.54, 1.807) is 0 Å². The summed E-state index contributed by atoms with van der Waals surface area (Å²) in [6.45, 7) is 6.27. The molecule has 1 aliphatic carbocycles. The highest BCUT2D eigenvalue weighted by atomic mass is 15.4. The van der Waals surface area contributed by atoms with Gasteiger partial charge in [-0.1, -0.05) is 0 Å². The van der Waals surface area contributed by atoms with Crippen molar-refractivity contribution in [1.82, 2.24) is 14.8 Å². The van der Waals surface area contributed by atoms with Gasteiger partial charge in [0.2, 0.25) is 0 Å². The lowest BCUT2D eigenvalue weighted by atomic mass is 10.3. The van der Waals surface area contributed by atoms with E-state index < -0.39 is 0 Å². The van der Waals surface area contributed by atoms with Crippen molar-refractivity contribution in [3.63, 3.8) is 0 Å². The fraction of sp³-hybridized carbons (Fsp3) is 0.778. The summed E-state index contributed by atoms with van der Waals surface area (Å²) in [4.78, 5) is 4.45. The van der Waals surface area contributed by atoms with Crippen LogP contribution in [0.15, 0.2) is 0 Å². The largest absolute Gasteiger partial charge is 0.247 e. The topological polar surface area (TPSA) is 30.7 Å². The van der Waals surface area contributed by atoms with E-state index in [1.807, 2.05) is 6.92 Å². The van der Waals surface area contributed by atoms with Crippen molar-refractivity contribution >= 4 is 0 Å². The van der Waals surface area contributed by atoms with E-state index in [0.717, 1.165) is 5.82 Å². The highest BCUT2D eigenvalue weighted by Crippen LogP contribution is 2.39. The van der Waals surface area contributed by atoms with Crippen LogP contribution in [0, 0.1) is 6.92 Å². The molecule has 0 aliphatic heterocycles. The molecule has 0 aromatic carbocycles. The average molecular weight is 165 g/mol. The second-order valence-electron chi connectivity index (χ2n) is 3.83. The van der Waals surface area contributed by atoms with Crippen molar-refractivity contribution in [3.05, 3.63) is 11.6 Å². The van der Waals surface area contributed by atoms with Crippen LogP contribution in [-0.2, 0) is 0 Å². The van der Waals surface area contributed by atoms with Gasteiger partial charge in [0, 0.05) is 12.0 Å². The molecule has 2 rings (SSSR count). The molecule has 0 spiro atoms. The Hall–Kier alpha value is -0.860. The first kappa shape index (κ1) is 7.77. The van der Waals surface area contributed by atoms with Crippen molar-refractivity contribution < 1.29 is 0 Å². The zero-order chi connectivity index (χ0) is 8.72. The van der Waals surface area contributed by atoms with Gasteiger partial charge >= 0.3 is 0 Å². The standard InChI is InChI=1S/C9H15N3/c1-6(2)12-9(8-4-5-8)10-7(3)11-12/h6,8H,4-5H2,1-3H3. The van der Waals surface area contributed by atoms with Gasteiger partial charge < -0.3 is 0 Å². The van der Waals surface area contributed by atoms with E-state index >= 15 is 0 Å². The summed E-state index contributed by atoms with van der Waals surface area (Å²) >= 11 is 0. The van der Waals surface area contributed by atoms with Crippen LogP contribution in [0.4, 0.5) is 0 Å². The predicted molar refractivity (Wildman–Crippen MR) is 47.1 cm³/mol. The molecular weight excluding hydrogens is 150 g/mol. The summed E-state index contributed by atoms with van der Waals surface area (Å²) in [7, 11) is 0. The van der Waals surface area contributed by atoms with Gasteiger partial charge in [-0.05, 0) is 33.6 Å². The molecule has 1 saturated carbocycles. The summed E-state index contributed by atoms with van der Waals surface area (Å²) in [5.74, 6) is 2.81. The molecule has 0 saturated heterocycles. The summed E-state index contributed by atoms with van der Waals surface area (Å²) in [5, 5.41) is 4.38. The van der Waals surface area contributed by atoms with Crippen LogP contribution in [0.5, 0.6) is 0 Å². The van der Waals surface area contributed by atoms with Crippen LogP contribution in [0.2, 0.25) is 0 Å². The molecule has 0 N–H and O–H groups in total. The molecule has 1 heterocycles. The highest BCUT2D eigenvalue weighted by molar-refractivity contribution is 5.07. The Kier molecular flexibility index (Phi) is 1.67. The summed E-state index contributed by atoms with van der Waals surface area (Å²) < 4.78 is 2.06. The normalized spacial score (nSPS) is 17.3. The Morgan fingerprint density at radius 3 is 2.58 bits per heavy atom. The van der Waals surface area contributed by atoms with E-state index in [4.69, 9.17) is 0 Å². The Balaban J connectivity index is 2.36. The molecule has 66 valence electrons. The van der Waals surface area contributed by atoms with Crippen molar-refractivity contribution in [2.24, 2.45) is 0 Å². The maximum atomic E-state index is 4.45. The van der Waals surface area contributed by atoms with Crippen molar-refractivity contribution in [1.29, 1.82) is 0 Å². The third kappa shape index (κ3) is 1.24. The van der Waals surface area contributed by atoms with Crippen molar-refractivity contribution in [2.45, 2.75) is 45.6 Å². The Bertz CT molecular complexity index is 264. The van der Waals surface area contributed by atoms with Gasteiger partial charge in [-0.15, -0.1) is 0 Å². The number of rotatable bonds is 2. The van der Waals surface area contributed by atoms with Gasteiger partial charge in [0.05, 0.1) is 0 Å². The molecule has 0 unspecified atom stereocenters. The van der Waals surface area contributed by atoms with Gasteiger partial charge in [-0.25, -0.2) is 9.67 Å². The van der Waals surface area contributed by atoms with Gasteiger partial charge in [-0.3, -0.25) is 0 Å². The van der Waals surface area contributed by atoms with Crippen LogP contribution >= 0.6 is 0 Å². The maximum absolute atomic E-state index is 4.45.